The quantitative estimate of drug-likeness (QED) is 0.605. The van der Waals surface area contributed by atoms with Gasteiger partial charge < -0.3 is 24.5 Å². The Labute approximate surface area is 160 Å². The Morgan fingerprint density at radius 2 is 2.04 bits per heavy atom. The fraction of sp³-hybridized carbons (Fsp3) is 0.263. The number of alkyl halides is 2. The molecule has 0 aliphatic heterocycles. The second-order valence-corrected chi connectivity index (χ2v) is 5.42. The van der Waals surface area contributed by atoms with Gasteiger partial charge in [-0.3, -0.25) is 9.59 Å². The number of hydrogen-bond acceptors (Lipinski definition) is 5. The van der Waals surface area contributed by atoms with Crippen molar-refractivity contribution in [3.8, 4) is 11.5 Å². The standard InChI is InChI=1S/C19H20F2N2O5/c1-2-26-16-10-13(5-7-15(16)28-19(20)21)6-8-17(24)23-12-18(25)22-11-14-4-3-9-27-14/h3-10,19H,2,11-12H2,1H3,(H,22,25)(H,23,24)/b8-6+. The lowest BCUT2D eigenvalue weighted by molar-refractivity contribution is -0.124. The Morgan fingerprint density at radius 1 is 1.21 bits per heavy atom. The van der Waals surface area contributed by atoms with Crippen molar-refractivity contribution in [2.24, 2.45) is 0 Å². The molecular formula is C19H20F2N2O5. The van der Waals surface area contributed by atoms with Crippen molar-refractivity contribution in [2.75, 3.05) is 13.2 Å². The third-order valence-electron chi connectivity index (χ3n) is 3.37. The monoisotopic (exact) mass is 394 g/mol. The Bertz CT molecular complexity index is 807. The van der Waals surface area contributed by atoms with E-state index >= 15 is 0 Å². The van der Waals surface area contributed by atoms with Gasteiger partial charge in [0.2, 0.25) is 11.8 Å². The highest BCUT2D eigenvalue weighted by atomic mass is 19.3. The predicted octanol–water partition coefficient (Wildman–Crippen LogP) is 2.73. The van der Waals surface area contributed by atoms with Gasteiger partial charge in [-0.25, -0.2) is 0 Å². The van der Waals surface area contributed by atoms with Crippen molar-refractivity contribution in [1.82, 2.24) is 10.6 Å². The number of carbonyl (C=O) groups is 2. The summed E-state index contributed by atoms with van der Waals surface area (Å²) in [6.45, 7) is -0.968. The van der Waals surface area contributed by atoms with Gasteiger partial charge >= 0.3 is 6.61 Å². The number of furan rings is 1. The summed E-state index contributed by atoms with van der Waals surface area (Å²) in [7, 11) is 0. The van der Waals surface area contributed by atoms with Gasteiger partial charge in [-0.2, -0.15) is 8.78 Å². The number of hydrogen-bond donors (Lipinski definition) is 2. The minimum atomic E-state index is -2.97. The molecule has 150 valence electrons. The highest BCUT2D eigenvalue weighted by Gasteiger charge is 2.11. The van der Waals surface area contributed by atoms with Crippen LogP contribution < -0.4 is 20.1 Å². The number of halogens is 2. The minimum absolute atomic E-state index is 0.0910. The Balaban J connectivity index is 1.85. The fourth-order valence-corrected chi connectivity index (χ4v) is 2.15. The lowest BCUT2D eigenvalue weighted by atomic mass is 10.2. The van der Waals surface area contributed by atoms with Gasteiger partial charge in [0, 0.05) is 6.08 Å². The third kappa shape index (κ3) is 7.10. The van der Waals surface area contributed by atoms with E-state index in [9.17, 15) is 18.4 Å². The van der Waals surface area contributed by atoms with E-state index in [-0.39, 0.29) is 37.1 Å². The van der Waals surface area contributed by atoms with Crippen LogP contribution in [0.4, 0.5) is 8.78 Å². The zero-order valence-corrected chi connectivity index (χ0v) is 15.1. The van der Waals surface area contributed by atoms with Gasteiger partial charge in [0.05, 0.1) is 26.0 Å². The molecule has 28 heavy (non-hydrogen) atoms. The molecule has 2 amide bonds. The first-order valence-electron chi connectivity index (χ1n) is 8.44. The molecule has 0 aliphatic carbocycles. The van der Waals surface area contributed by atoms with Gasteiger partial charge in [0.25, 0.3) is 0 Å². The fourth-order valence-electron chi connectivity index (χ4n) is 2.15. The maximum absolute atomic E-state index is 12.4. The van der Waals surface area contributed by atoms with Crippen LogP contribution in [0.2, 0.25) is 0 Å². The molecule has 1 heterocycles. The molecule has 0 aliphatic rings. The van der Waals surface area contributed by atoms with E-state index in [0.29, 0.717) is 11.3 Å². The van der Waals surface area contributed by atoms with Crippen LogP contribution in [0.25, 0.3) is 6.08 Å². The Morgan fingerprint density at radius 3 is 2.71 bits per heavy atom. The molecule has 0 saturated carbocycles. The maximum atomic E-state index is 12.4. The number of benzene rings is 1. The van der Waals surface area contributed by atoms with Crippen molar-refractivity contribution in [2.45, 2.75) is 20.1 Å². The highest BCUT2D eigenvalue weighted by Crippen LogP contribution is 2.30. The first-order chi connectivity index (χ1) is 13.5. The summed E-state index contributed by atoms with van der Waals surface area (Å²) in [5, 5.41) is 5.03. The van der Waals surface area contributed by atoms with E-state index in [1.165, 1.54) is 36.6 Å². The van der Waals surface area contributed by atoms with Crippen LogP contribution in [0.15, 0.2) is 47.1 Å². The predicted molar refractivity (Wildman–Crippen MR) is 96.8 cm³/mol. The van der Waals surface area contributed by atoms with E-state index < -0.39 is 12.5 Å². The van der Waals surface area contributed by atoms with E-state index in [4.69, 9.17) is 9.15 Å². The average molecular weight is 394 g/mol. The zero-order chi connectivity index (χ0) is 20.4. The van der Waals surface area contributed by atoms with Gasteiger partial charge in [-0.05, 0) is 42.8 Å². The third-order valence-corrected chi connectivity index (χ3v) is 3.37. The van der Waals surface area contributed by atoms with Gasteiger partial charge in [0.15, 0.2) is 11.5 Å². The smallest absolute Gasteiger partial charge is 0.387 e. The topological polar surface area (TPSA) is 89.8 Å². The van der Waals surface area contributed by atoms with Crippen molar-refractivity contribution in [3.05, 3.63) is 54.0 Å². The summed E-state index contributed by atoms with van der Waals surface area (Å²) in [6.07, 6.45) is 4.18. The number of nitrogens with one attached hydrogen (secondary N) is 2. The molecule has 1 aromatic heterocycles. The van der Waals surface area contributed by atoms with Gasteiger partial charge in [0.1, 0.15) is 5.76 Å². The zero-order valence-electron chi connectivity index (χ0n) is 15.1. The normalized spacial score (nSPS) is 10.9. The molecule has 0 spiro atoms. The molecule has 0 fully saturated rings. The molecule has 2 rings (SSSR count). The van der Waals surface area contributed by atoms with E-state index in [1.807, 2.05) is 0 Å². The lowest BCUT2D eigenvalue weighted by Gasteiger charge is -2.11. The summed E-state index contributed by atoms with van der Waals surface area (Å²) in [6, 6.07) is 7.73. The van der Waals surface area contributed by atoms with E-state index in [0.717, 1.165) is 0 Å². The number of rotatable bonds is 10. The van der Waals surface area contributed by atoms with Gasteiger partial charge in [-0.15, -0.1) is 0 Å². The highest BCUT2D eigenvalue weighted by molar-refractivity contribution is 5.94. The van der Waals surface area contributed by atoms with E-state index in [1.54, 1.807) is 19.1 Å². The minimum Gasteiger partial charge on any atom is -0.490 e. The van der Waals surface area contributed by atoms with Crippen LogP contribution in [-0.4, -0.2) is 31.6 Å². The first kappa shape index (κ1) is 20.9. The van der Waals surface area contributed by atoms with E-state index in [2.05, 4.69) is 15.4 Å². The van der Waals surface area contributed by atoms with Crippen molar-refractivity contribution >= 4 is 17.9 Å². The van der Waals surface area contributed by atoms with Crippen LogP contribution in [0.3, 0.4) is 0 Å². The number of amides is 2. The summed E-state index contributed by atoms with van der Waals surface area (Å²) < 4.78 is 39.5. The summed E-state index contributed by atoms with van der Waals surface area (Å²) >= 11 is 0. The van der Waals surface area contributed by atoms with Crippen LogP contribution in [0.1, 0.15) is 18.2 Å². The largest absolute Gasteiger partial charge is 0.490 e. The van der Waals surface area contributed by atoms with Gasteiger partial charge in [-0.1, -0.05) is 6.07 Å². The molecule has 9 heteroatoms. The number of carbonyl (C=O) groups excluding carboxylic acids is 2. The van der Waals surface area contributed by atoms with Crippen LogP contribution >= 0.6 is 0 Å². The van der Waals surface area contributed by atoms with Crippen LogP contribution in [0.5, 0.6) is 11.5 Å². The van der Waals surface area contributed by atoms with Crippen LogP contribution in [-0.2, 0) is 16.1 Å². The van der Waals surface area contributed by atoms with Crippen molar-refractivity contribution in [3.63, 3.8) is 0 Å². The van der Waals surface area contributed by atoms with Crippen molar-refractivity contribution in [1.29, 1.82) is 0 Å². The molecule has 0 bridgehead atoms. The van der Waals surface area contributed by atoms with Crippen LogP contribution in [0, 0.1) is 0 Å². The molecule has 0 radical (unpaired) electrons. The molecule has 0 saturated heterocycles. The lowest BCUT2D eigenvalue weighted by Crippen LogP contribution is -2.35. The Hall–Kier alpha value is -3.36. The Kier molecular flexibility index (Phi) is 8.01. The molecule has 2 N–H and O–H groups in total. The summed E-state index contributed by atoms with van der Waals surface area (Å²) in [5.41, 5.74) is 0.544. The van der Waals surface area contributed by atoms with Crippen molar-refractivity contribution < 1.29 is 32.3 Å². The molecule has 0 unspecified atom stereocenters. The molecule has 2 aromatic rings. The SMILES string of the molecule is CCOc1cc(/C=C/C(=O)NCC(=O)NCc2ccco2)ccc1OC(F)F. The molecule has 7 nitrogen and oxygen atoms in total. The maximum Gasteiger partial charge on any atom is 0.387 e. The summed E-state index contributed by atoms with van der Waals surface area (Å²) in [4.78, 5) is 23.5. The average Bonchev–Trinajstić information content (AvgIpc) is 3.18. The first-order valence-corrected chi connectivity index (χ1v) is 8.44. The molecule has 1 aromatic carbocycles. The molecule has 0 atom stereocenters. The summed E-state index contributed by atoms with van der Waals surface area (Å²) in [5.74, 6) is -0.206. The number of ether oxygens (including phenoxy) is 2. The second-order valence-electron chi connectivity index (χ2n) is 5.42. The molecular weight excluding hydrogens is 374 g/mol. The second kappa shape index (κ2) is 10.7.